The van der Waals surface area contributed by atoms with Gasteiger partial charge in [-0.3, -0.25) is 0 Å². The Kier molecular flexibility index (Phi) is 6.34. The van der Waals surface area contributed by atoms with Gasteiger partial charge in [-0.05, 0) is 37.1 Å². The molecule has 2 rings (SSSR count). The van der Waals surface area contributed by atoms with Crippen LogP contribution in [-0.2, 0) is 11.3 Å². The summed E-state index contributed by atoms with van der Waals surface area (Å²) in [5, 5.41) is 3.34. The van der Waals surface area contributed by atoms with E-state index in [0.29, 0.717) is 12.7 Å². The van der Waals surface area contributed by atoms with Crippen LogP contribution >= 0.6 is 12.4 Å². The number of methoxy groups -OCH3 is 1. The first kappa shape index (κ1) is 14.3. The highest BCUT2D eigenvalue weighted by molar-refractivity contribution is 5.85. The van der Waals surface area contributed by atoms with Crippen LogP contribution in [0.2, 0.25) is 0 Å². The molecule has 1 fully saturated rings. The second kappa shape index (κ2) is 7.54. The van der Waals surface area contributed by atoms with E-state index in [2.05, 4.69) is 11.4 Å². The van der Waals surface area contributed by atoms with Gasteiger partial charge in [0.2, 0.25) is 0 Å². The maximum Gasteiger partial charge on any atom is 0.119 e. The van der Waals surface area contributed by atoms with Crippen LogP contribution in [0.5, 0.6) is 5.75 Å². The number of halogens is 1. The minimum absolute atomic E-state index is 0. The van der Waals surface area contributed by atoms with Crippen LogP contribution in [0.25, 0.3) is 0 Å². The summed E-state index contributed by atoms with van der Waals surface area (Å²) in [5.74, 6) is 0.892. The fraction of sp³-hybridized carbons (Fsp3) is 0.538. The van der Waals surface area contributed by atoms with Gasteiger partial charge in [0.1, 0.15) is 5.75 Å². The number of benzene rings is 1. The topological polar surface area (TPSA) is 30.5 Å². The maximum absolute atomic E-state index is 5.85. The first-order valence-electron chi connectivity index (χ1n) is 5.84. The Hall–Kier alpha value is -0.770. The minimum Gasteiger partial charge on any atom is -0.497 e. The Morgan fingerprint density at radius 1 is 1.41 bits per heavy atom. The normalized spacial score (nSPS) is 19.5. The zero-order valence-corrected chi connectivity index (χ0v) is 11.0. The van der Waals surface area contributed by atoms with E-state index < -0.39 is 0 Å². The predicted molar refractivity (Wildman–Crippen MR) is 70.9 cm³/mol. The number of nitrogens with one attached hydrogen (secondary N) is 1. The van der Waals surface area contributed by atoms with E-state index in [1.54, 1.807) is 7.11 Å². The smallest absolute Gasteiger partial charge is 0.119 e. The second-order valence-electron chi connectivity index (χ2n) is 4.13. The van der Waals surface area contributed by atoms with Gasteiger partial charge in [-0.2, -0.15) is 0 Å². The van der Waals surface area contributed by atoms with Gasteiger partial charge in [0.25, 0.3) is 0 Å². The van der Waals surface area contributed by atoms with Crippen molar-refractivity contribution in [2.75, 3.05) is 20.2 Å². The summed E-state index contributed by atoms with van der Waals surface area (Å²) in [6, 6.07) is 8.04. The molecule has 0 saturated carbocycles. The monoisotopic (exact) mass is 257 g/mol. The largest absolute Gasteiger partial charge is 0.497 e. The third-order valence-corrected chi connectivity index (χ3v) is 2.87. The molecule has 0 radical (unpaired) electrons. The average molecular weight is 258 g/mol. The molecule has 1 aromatic rings. The van der Waals surface area contributed by atoms with Crippen molar-refractivity contribution in [1.82, 2.24) is 5.32 Å². The summed E-state index contributed by atoms with van der Waals surface area (Å²) in [6.07, 6.45) is 2.74. The molecule has 1 N–H and O–H groups in total. The lowest BCUT2D eigenvalue weighted by atomic mass is 10.1. The molecule has 1 aromatic carbocycles. The fourth-order valence-electron chi connectivity index (χ4n) is 1.94. The van der Waals surface area contributed by atoms with Gasteiger partial charge < -0.3 is 14.8 Å². The van der Waals surface area contributed by atoms with Crippen LogP contribution in [-0.4, -0.2) is 26.3 Å². The number of ether oxygens (including phenoxy) is 2. The molecule has 1 saturated heterocycles. The molecule has 0 spiro atoms. The standard InChI is InChI=1S/C13H19NO2.ClH/c1-15-12-5-2-4-11(8-12)10-16-13-6-3-7-14-9-13;/h2,4-5,8,13-14H,3,6-7,9-10H2,1H3;1H. The zero-order chi connectivity index (χ0) is 11.2. The van der Waals surface area contributed by atoms with E-state index in [0.717, 1.165) is 25.3 Å². The third-order valence-electron chi connectivity index (χ3n) is 2.87. The van der Waals surface area contributed by atoms with E-state index in [9.17, 15) is 0 Å². The molecular weight excluding hydrogens is 238 g/mol. The Balaban J connectivity index is 0.00000144. The highest BCUT2D eigenvalue weighted by Gasteiger charge is 2.12. The molecule has 1 heterocycles. The number of hydrogen-bond donors (Lipinski definition) is 1. The van der Waals surface area contributed by atoms with Crippen molar-refractivity contribution in [2.45, 2.75) is 25.6 Å². The highest BCUT2D eigenvalue weighted by Crippen LogP contribution is 2.15. The SMILES string of the molecule is COc1cccc(COC2CCCNC2)c1.Cl. The number of piperidine rings is 1. The lowest BCUT2D eigenvalue weighted by molar-refractivity contribution is 0.0252. The van der Waals surface area contributed by atoms with Crippen molar-refractivity contribution >= 4 is 12.4 Å². The Morgan fingerprint density at radius 2 is 2.29 bits per heavy atom. The van der Waals surface area contributed by atoms with Crippen molar-refractivity contribution in [1.29, 1.82) is 0 Å². The Labute approximate surface area is 109 Å². The van der Waals surface area contributed by atoms with Crippen LogP contribution in [0.15, 0.2) is 24.3 Å². The van der Waals surface area contributed by atoms with Crippen molar-refractivity contribution in [3.63, 3.8) is 0 Å². The third kappa shape index (κ3) is 4.54. The summed E-state index contributed by atoms with van der Waals surface area (Å²) in [6.45, 7) is 2.77. The Bertz CT molecular complexity index is 327. The van der Waals surface area contributed by atoms with E-state index in [1.165, 1.54) is 12.0 Å². The van der Waals surface area contributed by atoms with Crippen molar-refractivity contribution in [3.8, 4) is 5.75 Å². The molecule has 1 unspecified atom stereocenters. The van der Waals surface area contributed by atoms with E-state index >= 15 is 0 Å². The van der Waals surface area contributed by atoms with Gasteiger partial charge in [0.15, 0.2) is 0 Å². The van der Waals surface area contributed by atoms with E-state index in [1.807, 2.05) is 18.2 Å². The lowest BCUT2D eigenvalue weighted by Gasteiger charge is -2.23. The first-order valence-corrected chi connectivity index (χ1v) is 5.84. The molecule has 0 aliphatic carbocycles. The van der Waals surface area contributed by atoms with Gasteiger partial charge in [-0.15, -0.1) is 12.4 Å². The second-order valence-corrected chi connectivity index (χ2v) is 4.13. The van der Waals surface area contributed by atoms with Gasteiger partial charge in [-0.25, -0.2) is 0 Å². The van der Waals surface area contributed by atoms with Crippen molar-refractivity contribution < 1.29 is 9.47 Å². The van der Waals surface area contributed by atoms with Gasteiger partial charge >= 0.3 is 0 Å². The number of rotatable bonds is 4. The molecule has 0 amide bonds. The van der Waals surface area contributed by atoms with Crippen LogP contribution in [0.4, 0.5) is 0 Å². The lowest BCUT2D eigenvalue weighted by Crippen LogP contribution is -2.35. The first-order chi connectivity index (χ1) is 7.88. The summed E-state index contributed by atoms with van der Waals surface area (Å²) < 4.78 is 11.0. The molecular formula is C13H20ClNO2. The molecule has 1 atom stereocenters. The molecule has 1 aliphatic rings. The van der Waals surface area contributed by atoms with Crippen molar-refractivity contribution in [2.24, 2.45) is 0 Å². The molecule has 1 aliphatic heterocycles. The van der Waals surface area contributed by atoms with E-state index in [4.69, 9.17) is 9.47 Å². The predicted octanol–water partition coefficient (Wildman–Crippen LogP) is 2.39. The minimum atomic E-state index is 0. The van der Waals surface area contributed by atoms with Crippen LogP contribution in [0.1, 0.15) is 18.4 Å². The zero-order valence-electron chi connectivity index (χ0n) is 10.1. The highest BCUT2D eigenvalue weighted by atomic mass is 35.5. The van der Waals surface area contributed by atoms with Crippen LogP contribution < -0.4 is 10.1 Å². The summed E-state index contributed by atoms with van der Waals surface area (Å²) in [7, 11) is 1.69. The summed E-state index contributed by atoms with van der Waals surface area (Å²) in [5.41, 5.74) is 1.17. The van der Waals surface area contributed by atoms with Gasteiger partial charge in [0.05, 0.1) is 19.8 Å². The molecule has 3 nitrogen and oxygen atoms in total. The molecule has 17 heavy (non-hydrogen) atoms. The molecule has 0 aromatic heterocycles. The maximum atomic E-state index is 5.85. The summed E-state index contributed by atoms with van der Waals surface area (Å²) >= 11 is 0. The van der Waals surface area contributed by atoms with Gasteiger partial charge in [-0.1, -0.05) is 12.1 Å². The van der Waals surface area contributed by atoms with Crippen LogP contribution in [0, 0.1) is 0 Å². The fourth-order valence-corrected chi connectivity index (χ4v) is 1.94. The summed E-state index contributed by atoms with van der Waals surface area (Å²) in [4.78, 5) is 0. The van der Waals surface area contributed by atoms with Crippen LogP contribution in [0.3, 0.4) is 0 Å². The Morgan fingerprint density at radius 3 is 3.00 bits per heavy atom. The number of hydrogen-bond acceptors (Lipinski definition) is 3. The quantitative estimate of drug-likeness (QED) is 0.899. The van der Waals surface area contributed by atoms with Crippen molar-refractivity contribution in [3.05, 3.63) is 29.8 Å². The average Bonchev–Trinajstić information content (AvgIpc) is 2.38. The molecule has 0 bridgehead atoms. The molecule has 96 valence electrons. The van der Waals surface area contributed by atoms with Gasteiger partial charge in [0, 0.05) is 6.54 Å². The molecule has 4 heteroatoms. The van der Waals surface area contributed by atoms with E-state index in [-0.39, 0.29) is 12.4 Å².